The van der Waals surface area contributed by atoms with Crippen LogP contribution < -0.4 is 0 Å². The molecule has 0 fully saturated rings. The molecule has 0 aliphatic carbocycles. The third-order valence-electron chi connectivity index (χ3n) is 11.9. The number of aromatic nitrogens is 14. The van der Waals surface area contributed by atoms with Gasteiger partial charge < -0.3 is 41.0 Å². The number of rotatable bonds is 10. The molecule has 9 heterocycles. The van der Waals surface area contributed by atoms with Gasteiger partial charge in [0, 0.05) is 327 Å². The molecule has 0 amide bonds. The van der Waals surface area contributed by atoms with Gasteiger partial charge in [0.05, 0.1) is 0 Å². The Labute approximate surface area is 1190 Å². The van der Waals surface area contributed by atoms with Crippen LogP contribution in [-0.4, -0.2) is 70.2 Å². The number of pyridine rings is 4. The van der Waals surface area contributed by atoms with Gasteiger partial charge in [-0.15, -0.1) is 53.4 Å². The summed E-state index contributed by atoms with van der Waals surface area (Å²) >= 11 is 0. The van der Waals surface area contributed by atoms with Crippen molar-refractivity contribution in [2.75, 3.05) is 0 Å². The molecular weight excluding hydrogens is 2600 g/mol. The van der Waals surface area contributed by atoms with E-state index in [1.54, 1.807) is 80.6 Å². The number of benzene rings is 1. The fraction of sp³-hybridized carbons (Fsp3) is 0.635. The van der Waals surface area contributed by atoms with Gasteiger partial charge in [0.2, 0.25) is 0 Å². The van der Waals surface area contributed by atoms with Crippen molar-refractivity contribution in [1.82, 2.24) is 70.2 Å². The van der Waals surface area contributed by atoms with Crippen molar-refractivity contribution in [3.05, 3.63) is 277 Å². The van der Waals surface area contributed by atoms with E-state index in [2.05, 4.69) is 414 Å². The molecule has 24 heteroatoms. The van der Waals surface area contributed by atoms with Crippen molar-refractivity contribution in [3.8, 4) is 0 Å². The van der Waals surface area contributed by atoms with Crippen LogP contribution in [0.4, 0.5) is 0 Å². The number of hydrogen-bond acceptors (Lipinski definition) is 14. The van der Waals surface area contributed by atoms with Gasteiger partial charge in [-0.1, -0.05) is 547 Å². The number of hydrogen-bond donors (Lipinski definition) is 0. The smallest absolute Gasteiger partial charge is 0.108 e. The van der Waals surface area contributed by atoms with Crippen molar-refractivity contribution in [2.45, 2.75) is 539 Å². The minimum atomic E-state index is 0. The maximum absolute atomic E-state index is 4.12. The Morgan fingerprint density at radius 1 is 0.200 bits per heavy atom. The molecule has 150 heavy (non-hydrogen) atoms. The van der Waals surface area contributed by atoms with Crippen LogP contribution in [0.2, 0.25) is 0 Å². The third-order valence-corrected chi connectivity index (χ3v) is 11.9. The van der Waals surface area contributed by atoms with E-state index in [-0.39, 0.29) is 327 Å². The molecule has 0 unspecified atom stereocenters. The Kier molecular flexibility index (Phi) is 355. The standard InChI is InChI=1S/C9H11.4C8H10N.5C7H9N2.10C3H8.10C2H6.10Y/c1-8(2)9-6-4-3-5-7-9;1-7(2)8-3-5-9-6-4-8;2*1-7(2)8-4-3-5-9-6-8;1-7(2)8-5-3-4-6-9-8;1-6(2)7-3-8-5-9-4-7;1-6(2)7-5-8-3-4-9-7;1-6(2)7-3-4-8-5-9-7;1-6(2)7-3-4-8-9-5-7;1-6(2)7-4-3-5-8-9-7;10*1-3-2;10*1-2;;;;;;;;;;/h3-6,8H,1-2H3;2*3,5-7H,1-2H3;3-5,7H,1-2H3;3-4,6-7H,1-2H3;3,5-6H,1-2H3;3-4,6H,1-2H3;4-6H,1-2H3;3-4,6H,1-2H3;3,5-6H,1-2H3;10*3H2,1-2H3;10*1-2H3;;;;;;;;;;/q10*-1;;;;;;;;;;;;;;;;;;;;;;;;;;;;;;. The molecule has 0 saturated carbocycles. The zero-order valence-electron chi connectivity index (χ0n) is 110. The predicted octanol–water partition coefficient (Wildman–Crippen LogP) is 42.0. The molecule has 10 aromatic rings. The minimum Gasteiger partial charge on any atom is -0.456 e. The molecule has 0 bridgehead atoms. The summed E-state index contributed by atoms with van der Waals surface area (Å²) < 4.78 is 0. The van der Waals surface area contributed by atoms with Gasteiger partial charge in [-0.2, -0.15) is 94.1 Å². The molecule has 0 saturated heterocycles. The van der Waals surface area contributed by atoms with Crippen LogP contribution in [0.1, 0.15) is 595 Å². The molecule has 10 radical (unpaired) electrons. The molecular formula is C126H236N14Y10-10. The second kappa shape index (κ2) is 228. The molecule has 0 aliphatic rings. The SMILES string of the molecule is CC.CC.CC.CC.CC.CC.CC.CC.CC.CC.CC(C)c1[c-]cccc1.CC(C)c1[c-]cccn1.CC(C)c1[c-]ccnc1.CC(C)c1[c-]ccnn1.CC(C)c1[c-]cncc1.CC(C)c1[c-]cncn1.CC(C)c1[c-]nccc1.CC(C)c1[c-]nccn1.CC(C)c1[c-]ncnc1.CC(C)c1[c-]nncc1.CCC.CCC.CCC.CCC.CCC.CCC.CCC.CCC.CCC.CCC.[Y].[Y].[Y].[Y].[Y].[Y].[Y].[Y].[Y].[Y]. The van der Waals surface area contributed by atoms with Gasteiger partial charge in [0.25, 0.3) is 0 Å². The molecule has 14 nitrogen and oxygen atoms in total. The first-order valence-corrected chi connectivity index (χ1v) is 54.9. The molecule has 0 atom stereocenters. The van der Waals surface area contributed by atoms with Crippen LogP contribution >= 0.6 is 0 Å². The van der Waals surface area contributed by atoms with Crippen LogP contribution in [0.5, 0.6) is 0 Å². The summed E-state index contributed by atoms with van der Waals surface area (Å²) in [6.45, 7) is 125. The van der Waals surface area contributed by atoms with Crippen molar-refractivity contribution in [3.63, 3.8) is 0 Å². The maximum atomic E-state index is 4.12. The van der Waals surface area contributed by atoms with E-state index in [1.807, 2.05) is 205 Å². The second-order valence-corrected chi connectivity index (χ2v) is 30.0. The van der Waals surface area contributed by atoms with E-state index in [9.17, 15) is 0 Å². The molecule has 0 aliphatic heterocycles. The van der Waals surface area contributed by atoms with Gasteiger partial charge in [-0.05, 0) is 83.1 Å². The van der Waals surface area contributed by atoms with Crippen LogP contribution in [0.15, 0.2) is 160 Å². The Bertz CT molecular complexity index is 2620. The first kappa shape index (κ1) is 233. The Morgan fingerprint density at radius 2 is 0.520 bits per heavy atom. The van der Waals surface area contributed by atoms with Gasteiger partial charge in [-0.25, -0.2) is 35.9 Å². The first-order valence-electron chi connectivity index (χ1n) is 54.9. The largest absolute Gasteiger partial charge is 0.456 e. The van der Waals surface area contributed by atoms with Crippen molar-refractivity contribution >= 4 is 0 Å². The van der Waals surface area contributed by atoms with Crippen LogP contribution in [0.25, 0.3) is 0 Å². The van der Waals surface area contributed by atoms with Crippen molar-refractivity contribution in [2.24, 2.45) is 0 Å². The summed E-state index contributed by atoms with van der Waals surface area (Å²) in [7, 11) is 0. The summed E-state index contributed by atoms with van der Waals surface area (Å²) in [6, 6.07) is 41.7. The average molecular weight is 2840 g/mol. The van der Waals surface area contributed by atoms with Crippen molar-refractivity contribution in [1.29, 1.82) is 0 Å². The van der Waals surface area contributed by atoms with E-state index < -0.39 is 0 Å². The minimum absolute atomic E-state index is 0. The zero-order chi connectivity index (χ0) is 114. The Morgan fingerprint density at radius 3 is 0.720 bits per heavy atom. The predicted molar refractivity (Wildman–Crippen MR) is 636 cm³/mol. The van der Waals surface area contributed by atoms with Gasteiger partial charge in [0.1, 0.15) is 6.33 Å². The Balaban J connectivity index is -0.0000000361. The van der Waals surface area contributed by atoms with E-state index in [4.69, 9.17) is 0 Å². The zero-order valence-corrected chi connectivity index (χ0v) is 138. The van der Waals surface area contributed by atoms with Crippen LogP contribution in [-0.2, 0) is 327 Å². The van der Waals surface area contributed by atoms with Gasteiger partial charge >= 0.3 is 0 Å². The van der Waals surface area contributed by atoms with E-state index in [1.165, 1.54) is 92.8 Å². The molecule has 10 rings (SSSR count). The fourth-order valence-corrected chi connectivity index (χ4v) is 6.27. The third kappa shape index (κ3) is 224. The van der Waals surface area contributed by atoms with Crippen LogP contribution in [0.3, 0.4) is 0 Å². The maximum Gasteiger partial charge on any atom is 0.108 e. The fourth-order valence-electron chi connectivity index (χ4n) is 6.27. The first-order chi connectivity index (χ1) is 67.2. The normalized spacial score (nSPS) is 7.67. The van der Waals surface area contributed by atoms with Gasteiger partial charge in [-0.3, -0.25) is 25.1 Å². The summed E-state index contributed by atoms with van der Waals surface area (Å²) in [6.07, 6.45) is 47.6. The monoisotopic (exact) mass is 2830 g/mol. The summed E-state index contributed by atoms with van der Waals surface area (Å²) in [5, 5.41) is 14.9. The molecule has 850 valence electrons. The molecule has 1 aromatic carbocycles. The molecule has 0 N–H and O–H groups in total. The van der Waals surface area contributed by atoms with Gasteiger partial charge in [0.15, 0.2) is 0 Å². The summed E-state index contributed by atoms with van der Waals surface area (Å²) in [5.41, 5.74) is 10.9. The summed E-state index contributed by atoms with van der Waals surface area (Å²) in [4.78, 5) is 39.1. The van der Waals surface area contributed by atoms with Crippen molar-refractivity contribution < 1.29 is 327 Å². The second-order valence-electron chi connectivity index (χ2n) is 30.0. The molecule has 9 aromatic heterocycles. The van der Waals surface area contributed by atoms with E-state index in [0.717, 1.165) is 33.9 Å². The summed E-state index contributed by atoms with van der Waals surface area (Å²) in [5.74, 6) is 5.03. The quantitative estimate of drug-likeness (QED) is 0.118. The van der Waals surface area contributed by atoms with E-state index in [0.29, 0.717) is 59.2 Å². The Hall–Kier alpha value is 2.26. The average Bonchev–Trinajstić information content (AvgIpc) is 1.02. The number of nitrogens with zero attached hydrogens (tertiary/aromatic N) is 14. The van der Waals surface area contributed by atoms with Crippen LogP contribution in [0, 0.1) is 61.2 Å². The topological polar surface area (TPSA) is 180 Å². The van der Waals surface area contributed by atoms with E-state index >= 15 is 0 Å². The molecule has 0 spiro atoms.